The van der Waals surface area contributed by atoms with Crippen LogP contribution in [0.2, 0.25) is 5.02 Å². The molecule has 0 saturated carbocycles. The van der Waals surface area contributed by atoms with Gasteiger partial charge >= 0.3 is 5.97 Å². The number of ether oxygens (including phenoxy) is 3. The third-order valence-corrected chi connectivity index (χ3v) is 4.42. The first-order valence-electron chi connectivity index (χ1n) is 7.91. The van der Waals surface area contributed by atoms with Gasteiger partial charge in [-0.25, -0.2) is 9.79 Å². The number of methoxy groups -OCH3 is 1. The molecule has 0 unspecified atom stereocenters. The second-order valence-electron chi connectivity index (χ2n) is 5.48. The average molecular weight is 449 g/mol. The minimum atomic E-state index is -0.535. The Bertz CT molecular complexity index is 968. The number of carbonyl (C=O) groups is 1. The van der Waals surface area contributed by atoms with Crippen molar-refractivity contribution in [2.75, 3.05) is 13.7 Å². The van der Waals surface area contributed by atoms with E-state index in [1.807, 2.05) is 0 Å². The van der Waals surface area contributed by atoms with Crippen molar-refractivity contribution in [3.05, 3.63) is 75.4 Å². The molecular formula is C20H15BrClNO4. The van der Waals surface area contributed by atoms with Crippen LogP contribution in [0.3, 0.4) is 0 Å². The van der Waals surface area contributed by atoms with Crippen LogP contribution in [0.4, 0.5) is 0 Å². The van der Waals surface area contributed by atoms with Crippen molar-refractivity contribution in [2.45, 2.75) is 0 Å². The van der Waals surface area contributed by atoms with Crippen LogP contribution in [0.25, 0.3) is 6.08 Å². The van der Waals surface area contributed by atoms with E-state index in [4.69, 9.17) is 25.8 Å². The molecule has 0 fully saturated rings. The summed E-state index contributed by atoms with van der Waals surface area (Å²) in [5, 5.41) is 0.535. The average Bonchev–Trinajstić information content (AvgIpc) is 3.01. The molecular weight excluding hydrogens is 434 g/mol. The van der Waals surface area contributed by atoms with E-state index < -0.39 is 5.97 Å². The Hall–Kier alpha value is -2.57. The summed E-state index contributed by atoms with van der Waals surface area (Å²) in [6, 6.07) is 10.5. The van der Waals surface area contributed by atoms with Crippen LogP contribution in [0.1, 0.15) is 11.1 Å². The van der Waals surface area contributed by atoms with Crippen molar-refractivity contribution < 1.29 is 19.0 Å². The van der Waals surface area contributed by atoms with Gasteiger partial charge in [0.2, 0.25) is 5.90 Å². The lowest BCUT2D eigenvalue weighted by molar-refractivity contribution is -0.129. The van der Waals surface area contributed by atoms with Gasteiger partial charge in [-0.15, -0.1) is 0 Å². The SMILES string of the molecule is C=CCOc1c(Br)cc(/C=C2\N=C(c3cccc(Cl)c3)OC2=O)cc1OC. The van der Waals surface area contributed by atoms with Crippen molar-refractivity contribution in [1.29, 1.82) is 0 Å². The zero-order chi connectivity index (χ0) is 19.4. The van der Waals surface area contributed by atoms with Gasteiger partial charge in [0.25, 0.3) is 0 Å². The van der Waals surface area contributed by atoms with Crippen molar-refractivity contribution in [2.24, 2.45) is 4.99 Å². The predicted molar refractivity (Wildman–Crippen MR) is 108 cm³/mol. The minimum Gasteiger partial charge on any atom is -0.493 e. The highest BCUT2D eigenvalue weighted by Crippen LogP contribution is 2.37. The lowest BCUT2D eigenvalue weighted by Crippen LogP contribution is -2.05. The number of cyclic esters (lactones) is 1. The van der Waals surface area contributed by atoms with Crippen LogP contribution in [0.15, 0.2) is 64.2 Å². The summed E-state index contributed by atoms with van der Waals surface area (Å²) in [4.78, 5) is 16.5. The van der Waals surface area contributed by atoms with E-state index in [2.05, 4.69) is 27.5 Å². The quantitative estimate of drug-likeness (QED) is 0.354. The van der Waals surface area contributed by atoms with Gasteiger partial charge < -0.3 is 14.2 Å². The molecule has 0 bridgehead atoms. The van der Waals surface area contributed by atoms with E-state index in [1.165, 1.54) is 0 Å². The highest BCUT2D eigenvalue weighted by Gasteiger charge is 2.24. The maximum absolute atomic E-state index is 12.2. The molecule has 0 radical (unpaired) electrons. The van der Waals surface area contributed by atoms with Gasteiger partial charge in [-0.1, -0.05) is 30.3 Å². The monoisotopic (exact) mass is 447 g/mol. The fourth-order valence-corrected chi connectivity index (χ4v) is 3.18. The van der Waals surface area contributed by atoms with E-state index in [0.29, 0.717) is 38.7 Å². The van der Waals surface area contributed by atoms with Crippen molar-refractivity contribution in [3.63, 3.8) is 0 Å². The highest BCUT2D eigenvalue weighted by atomic mass is 79.9. The second kappa shape index (κ2) is 8.41. The first-order chi connectivity index (χ1) is 13.0. The highest BCUT2D eigenvalue weighted by molar-refractivity contribution is 9.10. The maximum Gasteiger partial charge on any atom is 0.363 e. The Morgan fingerprint density at radius 3 is 2.85 bits per heavy atom. The van der Waals surface area contributed by atoms with E-state index in [0.717, 1.165) is 0 Å². The third-order valence-electron chi connectivity index (χ3n) is 3.59. The number of carbonyl (C=O) groups excluding carboxylic acids is 1. The number of aliphatic imine (C=N–C) groups is 1. The zero-order valence-electron chi connectivity index (χ0n) is 14.4. The molecule has 138 valence electrons. The minimum absolute atomic E-state index is 0.179. The predicted octanol–water partition coefficient (Wildman–Crippen LogP) is 5.02. The first-order valence-corrected chi connectivity index (χ1v) is 9.08. The summed E-state index contributed by atoms with van der Waals surface area (Å²) in [6.07, 6.45) is 3.26. The third kappa shape index (κ3) is 4.40. The molecule has 27 heavy (non-hydrogen) atoms. The Balaban J connectivity index is 1.95. The second-order valence-corrected chi connectivity index (χ2v) is 6.77. The van der Waals surface area contributed by atoms with Gasteiger partial charge in [0.15, 0.2) is 17.2 Å². The Labute approximate surface area is 170 Å². The molecule has 2 aromatic carbocycles. The molecule has 0 N–H and O–H groups in total. The molecule has 5 nitrogen and oxygen atoms in total. The summed E-state index contributed by atoms with van der Waals surface area (Å²) in [5.41, 5.74) is 1.51. The molecule has 7 heteroatoms. The normalized spacial score (nSPS) is 14.7. The molecule has 0 aromatic heterocycles. The van der Waals surface area contributed by atoms with Gasteiger partial charge in [-0.05, 0) is 57.9 Å². The number of rotatable bonds is 6. The van der Waals surface area contributed by atoms with Crippen molar-refractivity contribution >= 4 is 45.5 Å². The van der Waals surface area contributed by atoms with Crippen LogP contribution in [-0.4, -0.2) is 25.6 Å². The number of esters is 1. The lowest BCUT2D eigenvalue weighted by atomic mass is 10.1. The molecule has 0 amide bonds. The summed E-state index contributed by atoms with van der Waals surface area (Å²) >= 11 is 9.44. The van der Waals surface area contributed by atoms with Gasteiger partial charge in [-0.3, -0.25) is 0 Å². The van der Waals surface area contributed by atoms with Crippen LogP contribution in [0.5, 0.6) is 11.5 Å². The summed E-state index contributed by atoms with van der Waals surface area (Å²) in [7, 11) is 1.54. The van der Waals surface area contributed by atoms with E-state index in [1.54, 1.807) is 55.7 Å². The first kappa shape index (κ1) is 19.2. The summed E-state index contributed by atoms with van der Waals surface area (Å²) in [6.45, 7) is 3.97. The fourth-order valence-electron chi connectivity index (χ4n) is 2.42. The van der Waals surface area contributed by atoms with Crippen LogP contribution >= 0.6 is 27.5 Å². The zero-order valence-corrected chi connectivity index (χ0v) is 16.7. The van der Waals surface area contributed by atoms with Crippen molar-refractivity contribution in [3.8, 4) is 11.5 Å². The molecule has 2 aromatic rings. The number of hydrogen-bond acceptors (Lipinski definition) is 5. The Morgan fingerprint density at radius 1 is 1.33 bits per heavy atom. The maximum atomic E-state index is 12.2. The largest absolute Gasteiger partial charge is 0.493 e. The van der Waals surface area contributed by atoms with Gasteiger partial charge in [0.1, 0.15) is 6.61 Å². The number of benzene rings is 2. The summed E-state index contributed by atoms with van der Waals surface area (Å²) < 4.78 is 16.9. The number of halogens is 2. The smallest absolute Gasteiger partial charge is 0.363 e. The molecule has 1 aliphatic rings. The number of nitrogens with zero attached hydrogens (tertiary/aromatic N) is 1. The van der Waals surface area contributed by atoms with E-state index in [-0.39, 0.29) is 11.6 Å². The topological polar surface area (TPSA) is 57.1 Å². The van der Waals surface area contributed by atoms with Crippen LogP contribution in [-0.2, 0) is 9.53 Å². The molecule has 0 spiro atoms. The molecule has 0 aliphatic carbocycles. The van der Waals surface area contributed by atoms with E-state index in [9.17, 15) is 4.79 Å². The molecule has 3 rings (SSSR count). The summed E-state index contributed by atoms with van der Waals surface area (Å²) in [5.74, 6) is 0.748. The van der Waals surface area contributed by atoms with Gasteiger partial charge in [0.05, 0.1) is 11.6 Å². The molecule has 1 aliphatic heterocycles. The number of hydrogen-bond donors (Lipinski definition) is 0. The van der Waals surface area contributed by atoms with Crippen LogP contribution in [0, 0.1) is 0 Å². The van der Waals surface area contributed by atoms with Crippen LogP contribution < -0.4 is 9.47 Å². The molecule has 0 saturated heterocycles. The van der Waals surface area contributed by atoms with E-state index >= 15 is 0 Å². The molecule has 1 heterocycles. The van der Waals surface area contributed by atoms with Gasteiger partial charge in [-0.2, -0.15) is 0 Å². The fraction of sp³-hybridized carbons (Fsp3) is 0.100. The van der Waals surface area contributed by atoms with Crippen molar-refractivity contribution in [1.82, 2.24) is 0 Å². The Morgan fingerprint density at radius 2 is 2.15 bits per heavy atom. The molecule has 0 atom stereocenters. The lowest BCUT2D eigenvalue weighted by Gasteiger charge is -2.12. The van der Waals surface area contributed by atoms with Gasteiger partial charge in [0, 0.05) is 10.6 Å². The standard InChI is InChI=1S/C20H15BrClNO4/c1-3-7-26-18-15(21)8-12(10-17(18)25-2)9-16-20(24)27-19(23-16)13-5-4-6-14(22)11-13/h3-6,8-11H,1,7H2,2H3/b16-9-. The Kier molecular flexibility index (Phi) is 5.98.